The standard InChI is InChI=1S/C44H32N2/c1-44(2)38-20-9-6-17-34(38)35-24-23-31(26-39(35)44)41-28-32(27-40(45-41)29-13-4-3-5-14-29)30-15-12-16-33(25-30)46-42-21-10-7-18-36(42)37-19-8-11-22-43(37)46/h3-28H,1-2H3. The summed E-state index contributed by atoms with van der Waals surface area (Å²) in [6.45, 7) is 4.67. The Labute approximate surface area is 269 Å². The highest BCUT2D eigenvalue weighted by Crippen LogP contribution is 2.49. The number of fused-ring (bicyclic) bond motifs is 6. The molecule has 0 aliphatic heterocycles. The molecule has 0 N–H and O–H groups in total. The molecule has 0 atom stereocenters. The first kappa shape index (κ1) is 26.7. The van der Waals surface area contributed by atoms with Crippen LogP contribution in [0.1, 0.15) is 25.0 Å². The molecule has 1 aliphatic carbocycles. The molecule has 9 rings (SSSR count). The fourth-order valence-electron chi connectivity index (χ4n) is 7.49. The summed E-state index contributed by atoms with van der Waals surface area (Å²) in [5.41, 5.74) is 15.4. The molecule has 0 saturated heterocycles. The summed E-state index contributed by atoms with van der Waals surface area (Å²) in [5.74, 6) is 0. The molecule has 0 spiro atoms. The van der Waals surface area contributed by atoms with Gasteiger partial charge in [0.25, 0.3) is 0 Å². The monoisotopic (exact) mass is 588 g/mol. The number of hydrogen-bond acceptors (Lipinski definition) is 1. The van der Waals surface area contributed by atoms with E-state index in [9.17, 15) is 0 Å². The topological polar surface area (TPSA) is 17.8 Å². The highest BCUT2D eigenvalue weighted by Gasteiger charge is 2.35. The molecule has 218 valence electrons. The van der Waals surface area contributed by atoms with Crippen molar-refractivity contribution in [3.8, 4) is 50.5 Å². The Hall–Kier alpha value is -5.73. The third-order valence-electron chi connectivity index (χ3n) is 9.79. The second-order valence-corrected chi connectivity index (χ2v) is 12.8. The lowest BCUT2D eigenvalue weighted by molar-refractivity contribution is 0.660. The average molecular weight is 589 g/mol. The summed E-state index contributed by atoms with van der Waals surface area (Å²) in [6.07, 6.45) is 0. The zero-order chi connectivity index (χ0) is 30.8. The van der Waals surface area contributed by atoms with Gasteiger partial charge in [-0.3, -0.25) is 0 Å². The van der Waals surface area contributed by atoms with Crippen molar-refractivity contribution in [3.63, 3.8) is 0 Å². The molecule has 8 aromatic rings. The maximum atomic E-state index is 5.27. The van der Waals surface area contributed by atoms with E-state index in [0.29, 0.717) is 0 Å². The molecule has 1 aliphatic rings. The smallest absolute Gasteiger partial charge is 0.0715 e. The minimum Gasteiger partial charge on any atom is -0.309 e. The summed E-state index contributed by atoms with van der Waals surface area (Å²) in [6, 6.07) is 57.0. The van der Waals surface area contributed by atoms with Crippen LogP contribution in [0.3, 0.4) is 0 Å². The number of pyridine rings is 1. The minimum absolute atomic E-state index is 0.0710. The first-order valence-electron chi connectivity index (χ1n) is 16.0. The largest absolute Gasteiger partial charge is 0.309 e. The molecular weight excluding hydrogens is 556 g/mol. The summed E-state index contributed by atoms with van der Waals surface area (Å²) in [4.78, 5) is 5.27. The van der Waals surface area contributed by atoms with Crippen molar-refractivity contribution in [3.05, 3.63) is 169 Å². The van der Waals surface area contributed by atoms with Gasteiger partial charge in [0.2, 0.25) is 0 Å². The number of rotatable bonds is 4. The number of aromatic nitrogens is 2. The predicted molar refractivity (Wildman–Crippen MR) is 192 cm³/mol. The fourth-order valence-corrected chi connectivity index (χ4v) is 7.49. The molecule has 0 bridgehead atoms. The van der Waals surface area contributed by atoms with E-state index in [1.54, 1.807) is 0 Å². The molecule has 0 unspecified atom stereocenters. The highest BCUT2D eigenvalue weighted by molar-refractivity contribution is 6.09. The van der Waals surface area contributed by atoms with Gasteiger partial charge < -0.3 is 4.57 Å². The second kappa shape index (κ2) is 10.2. The molecule has 2 heteroatoms. The average Bonchev–Trinajstić information content (AvgIpc) is 3.57. The molecule has 0 saturated carbocycles. The van der Waals surface area contributed by atoms with Crippen LogP contribution in [0.2, 0.25) is 0 Å². The van der Waals surface area contributed by atoms with Gasteiger partial charge in [-0.05, 0) is 75.8 Å². The van der Waals surface area contributed by atoms with Crippen molar-refractivity contribution in [2.45, 2.75) is 19.3 Å². The van der Waals surface area contributed by atoms with E-state index in [2.05, 4.69) is 176 Å². The van der Waals surface area contributed by atoms with Gasteiger partial charge in [0.1, 0.15) is 0 Å². The number of hydrogen-bond donors (Lipinski definition) is 0. The van der Waals surface area contributed by atoms with Crippen molar-refractivity contribution in [2.75, 3.05) is 0 Å². The Morgan fingerprint density at radius 1 is 0.435 bits per heavy atom. The Morgan fingerprint density at radius 2 is 1.04 bits per heavy atom. The molecule has 0 radical (unpaired) electrons. The number of benzene rings is 6. The van der Waals surface area contributed by atoms with E-state index in [1.165, 1.54) is 44.1 Å². The highest BCUT2D eigenvalue weighted by atomic mass is 15.0. The van der Waals surface area contributed by atoms with Gasteiger partial charge in [-0.1, -0.05) is 129 Å². The van der Waals surface area contributed by atoms with Crippen molar-refractivity contribution in [1.82, 2.24) is 9.55 Å². The first-order chi connectivity index (χ1) is 22.6. The summed E-state index contributed by atoms with van der Waals surface area (Å²) < 4.78 is 2.38. The van der Waals surface area contributed by atoms with Crippen LogP contribution in [-0.2, 0) is 5.41 Å². The van der Waals surface area contributed by atoms with Gasteiger partial charge in [0.15, 0.2) is 0 Å². The SMILES string of the molecule is CC1(C)c2ccccc2-c2ccc(-c3cc(-c4cccc(-n5c6ccccc6c6ccccc65)c4)cc(-c4ccccc4)n3)cc21. The van der Waals surface area contributed by atoms with E-state index in [4.69, 9.17) is 4.98 Å². The van der Waals surface area contributed by atoms with Crippen molar-refractivity contribution >= 4 is 21.8 Å². The molecule has 0 fully saturated rings. The van der Waals surface area contributed by atoms with Gasteiger partial charge >= 0.3 is 0 Å². The molecule has 46 heavy (non-hydrogen) atoms. The van der Waals surface area contributed by atoms with Crippen molar-refractivity contribution in [2.24, 2.45) is 0 Å². The number of nitrogens with zero attached hydrogens (tertiary/aromatic N) is 2. The lowest BCUT2D eigenvalue weighted by Gasteiger charge is -2.22. The molecule has 2 nitrogen and oxygen atoms in total. The Balaban J connectivity index is 1.22. The molecular formula is C44H32N2. The second-order valence-electron chi connectivity index (χ2n) is 12.8. The zero-order valence-electron chi connectivity index (χ0n) is 25.9. The Bertz CT molecular complexity index is 2390. The van der Waals surface area contributed by atoms with Gasteiger partial charge in [0, 0.05) is 33.0 Å². The maximum absolute atomic E-state index is 5.27. The van der Waals surface area contributed by atoms with E-state index in [-0.39, 0.29) is 5.41 Å². The van der Waals surface area contributed by atoms with Crippen LogP contribution in [-0.4, -0.2) is 9.55 Å². The van der Waals surface area contributed by atoms with Crippen molar-refractivity contribution in [1.29, 1.82) is 0 Å². The van der Waals surface area contributed by atoms with E-state index < -0.39 is 0 Å². The third-order valence-corrected chi connectivity index (χ3v) is 9.79. The summed E-state index contributed by atoms with van der Waals surface area (Å²) >= 11 is 0. The lowest BCUT2D eigenvalue weighted by atomic mass is 9.82. The zero-order valence-corrected chi connectivity index (χ0v) is 25.9. The van der Waals surface area contributed by atoms with Crippen LogP contribution in [0, 0.1) is 0 Å². The Morgan fingerprint density at radius 3 is 1.80 bits per heavy atom. The number of para-hydroxylation sites is 2. The quantitative estimate of drug-likeness (QED) is 0.200. The maximum Gasteiger partial charge on any atom is 0.0715 e. The molecule has 0 amide bonds. The summed E-state index contributed by atoms with van der Waals surface area (Å²) in [5, 5.41) is 2.53. The Kier molecular flexibility index (Phi) is 5.88. The molecule has 2 aromatic heterocycles. The third kappa shape index (κ3) is 4.07. The van der Waals surface area contributed by atoms with Gasteiger partial charge in [-0.25, -0.2) is 4.98 Å². The van der Waals surface area contributed by atoms with Crippen LogP contribution < -0.4 is 0 Å². The van der Waals surface area contributed by atoms with Gasteiger partial charge in [-0.15, -0.1) is 0 Å². The van der Waals surface area contributed by atoms with E-state index >= 15 is 0 Å². The van der Waals surface area contributed by atoms with Gasteiger partial charge in [-0.2, -0.15) is 0 Å². The van der Waals surface area contributed by atoms with Gasteiger partial charge in [0.05, 0.1) is 22.4 Å². The predicted octanol–water partition coefficient (Wildman–Crippen LogP) is 11.5. The fraction of sp³-hybridized carbons (Fsp3) is 0.0682. The molecule has 6 aromatic carbocycles. The summed E-state index contributed by atoms with van der Waals surface area (Å²) in [7, 11) is 0. The normalized spacial score (nSPS) is 13.2. The van der Waals surface area contributed by atoms with E-state index in [1.807, 2.05) is 0 Å². The van der Waals surface area contributed by atoms with E-state index in [0.717, 1.165) is 39.3 Å². The van der Waals surface area contributed by atoms with Crippen LogP contribution >= 0.6 is 0 Å². The minimum atomic E-state index is -0.0710. The van der Waals surface area contributed by atoms with Crippen molar-refractivity contribution < 1.29 is 0 Å². The van der Waals surface area contributed by atoms with Crippen LogP contribution in [0.15, 0.2) is 158 Å². The first-order valence-corrected chi connectivity index (χ1v) is 16.0. The van der Waals surface area contributed by atoms with Crippen LogP contribution in [0.25, 0.3) is 72.3 Å². The molecule has 2 heterocycles. The van der Waals surface area contributed by atoms with Crippen LogP contribution in [0.4, 0.5) is 0 Å². The van der Waals surface area contributed by atoms with Crippen LogP contribution in [0.5, 0.6) is 0 Å². The lowest BCUT2D eigenvalue weighted by Crippen LogP contribution is -2.14.